The molecule has 2 aromatic heterocycles. The third kappa shape index (κ3) is 3.29. The van der Waals surface area contributed by atoms with Crippen molar-refractivity contribution < 1.29 is 21.8 Å². The van der Waals surface area contributed by atoms with Crippen molar-refractivity contribution in [1.29, 1.82) is 0 Å². The number of nitrogens with two attached hydrogens (primary N) is 1. The first-order valence-electron chi connectivity index (χ1n) is 9.16. The molecule has 4 rings (SSSR count). The summed E-state index contributed by atoms with van der Waals surface area (Å²) in [4.78, 5) is 37.5. The number of nitrogens with zero attached hydrogens (tertiary/aromatic N) is 4. The van der Waals surface area contributed by atoms with Crippen LogP contribution in [0.4, 0.5) is 5.82 Å². The highest BCUT2D eigenvalue weighted by Crippen LogP contribution is 2.24. The first-order valence-corrected chi connectivity index (χ1v) is 9.16. The lowest BCUT2D eigenvalue weighted by Crippen LogP contribution is -3.00. The number of carbonyl (C=O) groups is 1. The second-order valence-corrected chi connectivity index (χ2v) is 7.07. The zero-order chi connectivity index (χ0) is 20.0. The van der Waals surface area contributed by atoms with Gasteiger partial charge in [0.15, 0.2) is 12.2 Å². The topological polar surface area (TPSA) is 95.9 Å². The smallest absolute Gasteiger partial charge is 0.332 e. The van der Waals surface area contributed by atoms with Crippen LogP contribution in [0, 0.1) is 0 Å². The summed E-state index contributed by atoms with van der Waals surface area (Å²) in [6.45, 7) is 0.893. The summed E-state index contributed by atoms with van der Waals surface area (Å²) in [6.07, 6.45) is 3.82. The average molecular weight is 416 g/mol. The van der Waals surface area contributed by atoms with E-state index >= 15 is 0 Å². The van der Waals surface area contributed by atoms with E-state index in [4.69, 9.17) is 5.73 Å². The van der Waals surface area contributed by atoms with Crippen LogP contribution in [0.25, 0.3) is 11.3 Å². The van der Waals surface area contributed by atoms with Gasteiger partial charge in [-0.25, -0.2) is 13.9 Å². The lowest BCUT2D eigenvalue weighted by molar-refractivity contribution is -0.689. The molecule has 0 saturated carbocycles. The Balaban J connectivity index is 0.00000240. The minimum Gasteiger partial charge on any atom is -1.00 e. The van der Waals surface area contributed by atoms with E-state index in [1.807, 2.05) is 41.1 Å². The minimum absolute atomic E-state index is 0. The Hall–Kier alpha value is -3.13. The zero-order valence-corrected chi connectivity index (χ0v) is 17.0. The molecule has 1 aromatic carbocycles. The van der Waals surface area contributed by atoms with Crippen LogP contribution < -0.4 is 34.0 Å². The maximum atomic E-state index is 13.0. The maximum absolute atomic E-state index is 13.0. The van der Waals surface area contributed by atoms with E-state index in [0.29, 0.717) is 0 Å². The summed E-state index contributed by atoms with van der Waals surface area (Å²) in [5.41, 5.74) is 6.70. The summed E-state index contributed by atoms with van der Waals surface area (Å²) in [5.74, 6) is 0.545. The van der Waals surface area contributed by atoms with E-state index in [1.165, 1.54) is 14.1 Å². The van der Waals surface area contributed by atoms with Gasteiger partial charge in [-0.3, -0.25) is 18.7 Å². The van der Waals surface area contributed by atoms with Crippen molar-refractivity contribution in [2.75, 3.05) is 5.73 Å². The molecule has 1 aliphatic rings. The number of hydrogen-bond donors (Lipinski definition) is 1. The van der Waals surface area contributed by atoms with Crippen molar-refractivity contribution in [2.45, 2.75) is 25.9 Å². The fourth-order valence-electron chi connectivity index (χ4n) is 3.84. The second kappa shape index (κ2) is 7.71. The predicted octanol–water partition coefficient (Wildman–Crippen LogP) is -2.74. The van der Waals surface area contributed by atoms with Crippen molar-refractivity contribution in [3.63, 3.8) is 0 Å². The molecule has 0 bridgehead atoms. The Kier molecular flexibility index (Phi) is 5.48. The van der Waals surface area contributed by atoms with Gasteiger partial charge in [-0.2, -0.15) is 0 Å². The summed E-state index contributed by atoms with van der Waals surface area (Å²) < 4.78 is 6.14. The van der Waals surface area contributed by atoms with Gasteiger partial charge in [0.25, 0.3) is 11.4 Å². The monoisotopic (exact) mass is 415 g/mol. The molecule has 29 heavy (non-hydrogen) atoms. The van der Waals surface area contributed by atoms with Gasteiger partial charge in [0.1, 0.15) is 17.6 Å². The Morgan fingerprint density at radius 2 is 1.83 bits per heavy atom. The van der Waals surface area contributed by atoms with Crippen molar-refractivity contribution in [3.8, 4) is 11.3 Å². The zero-order valence-electron chi connectivity index (χ0n) is 16.3. The molecule has 0 atom stereocenters. The molecule has 3 aromatic rings. The number of imidazole rings is 1. The molecule has 2 N–H and O–H groups in total. The number of anilines is 1. The van der Waals surface area contributed by atoms with Crippen LogP contribution in [0.1, 0.15) is 22.6 Å². The number of ketones is 1. The van der Waals surface area contributed by atoms with Crippen molar-refractivity contribution >= 4 is 11.6 Å². The van der Waals surface area contributed by atoms with Crippen LogP contribution in [-0.4, -0.2) is 19.5 Å². The van der Waals surface area contributed by atoms with Crippen LogP contribution in [0.15, 0.2) is 46.1 Å². The fraction of sp³-hybridized carbons (Fsp3) is 0.300. The van der Waals surface area contributed by atoms with E-state index in [9.17, 15) is 14.4 Å². The number of fused-ring (bicyclic) bond motifs is 1. The Morgan fingerprint density at radius 3 is 2.52 bits per heavy atom. The van der Waals surface area contributed by atoms with Gasteiger partial charge < -0.3 is 18.1 Å². The highest BCUT2D eigenvalue weighted by molar-refractivity contribution is 5.98. The van der Waals surface area contributed by atoms with Crippen LogP contribution in [0.2, 0.25) is 0 Å². The van der Waals surface area contributed by atoms with E-state index in [0.717, 1.165) is 45.6 Å². The van der Waals surface area contributed by atoms with Gasteiger partial charge in [-0.15, -0.1) is 0 Å². The Morgan fingerprint density at radius 1 is 1.14 bits per heavy atom. The van der Waals surface area contributed by atoms with Crippen LogP contribution in [0.3, 0.4) is 0 Å². The van der Waals surface area contributed by atoms with E-state index in [2.05, 4.69) is 4.57 Å². The lowest BCUT2D eigenvalue weighted by atomic mass is 10.1. The summed E-state index contributed by atoms with van der Waals surface area (Å²) in [6, 6.07) is 10.00. The number of hydrogen-bond acceptors (Lipinski definition) is 4. The largest absolute Gasteiger partial charge is 1.00 e. The van der Waals surface area contributed by atoms with Crippen molar-refractivity contribution in [2.24, 2.45) is 14.1 Å². The molecule has 1 aliphatic heterocycles. The van der Waals surface area contributed by atoms with Crippen LogP contribution in [0.5, 0.6) is 0 Å². The van der Waals surface area contributed by atoms with Gasteiger partial charge >= 0.3 is 5.69 Å². The second-order valence-electron chi connectivity index (χ2n) is 7.07. The first-order chi connectivity index (χ1) is 13.4. The number of nitrogen functional groups attached to an aromatic ring is 1. The molecule has 3 heterocycles. The van der Waals surface area contributed by atoms with Gasteiger partial charge in [-0.1, -0.05) is 30.3 Å². The number of Topliss-reactive ketones (excluding diaryl/α,β-unsaturated/α-hetero) is 1. The van der Waals surface area contributed by atoms with Crippen LogP contribution in [-0.2, 0) is 33.6 Å². The van der Waals surface area contributed by atoms with Crippen LogP contribution >= 0.6 is 0 Å². The number of halogens is 1. The molecule has 0 fully saturated rings. The molecule has 0 aliphatic carbocycles. The van der Waals surface area contributed by atoms with Gasteiger partial charge in [0.05, 0.1) is 13.0 Å². The maximum Gasteiger partial charge on any atom is 0.332 e. The number of carbonyl (C=O) groups excluding carboxylic acids is 1. The van der Waals surface area contributed by atoms with E-state index in [-0.39, 0.29) is 30.3 Å². The number of benzene rings is 1. The first kappa shape index (κ1) is 20.6. The van der Waals surface area contributed by atoms with Gasteiger partial charge in [0, 0.05) is 19.7 Å². The fourth-order valence-corrected chi connectivity index (χ4v) is 3.84. The molecule has 8 nitrogen and oxygen atoms in total. The molecular weight excluding hydrogens is 394 g/mol. The molecule has 0 radical (unpaired) electrons. The summed E-state index contributed by atoms with van der Waals surface area (Å²) in [7, 11) is 2.79. The molecule has 0 unspecified atom stereocenters. The van der Waals surface area contributed by atoms with Gasteiger partial charge in [-0.05, 0) is 6.42 Å². The third-order valence-corrected chi connectivity index (χ3v) is 5.37. The minimum atomic E-state index is -0.662. The Labute approximate surface area is 173 Å². The SMILES string of the molecule is Cn1c(N)c(C(=O)C[n+]2cc(-c3ccccc3)n3c2CCC3)c(=O)n(C)c1=O.[Cl-]. The number of aromatic nitrogens is 4. The standard InChI is InChI=1S/C20H21N5O3.ClH/c1-22-18(21)17(19(27)23(2)20(22)28)15(26)12-24-11-14(13-7-4-3-5-8-13)25-10-6-9-16(24)25;/h3-5,7-8,11H,6,9-10,12H2,1-2H3,(H-,21,26,27);1H. The van der Waals surface area contributed by atoms with E-state index < -0.39 is 17.0 Å². The summed E-state index contributed by atoms with van der Waals surface area (Å²) >= 11 is 0. The average Bonchev–Trinajstić information content (AvgIpc) is 3.29. The van der Waals surface area contributed by atoms with E-state index in [1.54, 1.807) is 0 Å². The normalized spacial score (nSPS) is 12.5. The third-order valence-electron chi connectivity index (χ3n) is 5.37. The predicted molar refractivity (Wildman–Crippen MR) is 104 cm³/mol. The Bertz CT molecular complexity index is 1210. The molecule has 9 heteroatoms. The molecule has 0 amide bonds. The van der Waals surface area contributed by atoms with Crippen molar-refractivity contribution in [1.82, 2.24) is 13.7 Å². The molecule has 0 spiro atoms. The highest BCUT2D eigenvalue weighted by atomic mass is 35.5. The number of rotatable bonds is 4. The quantitative estimate of drug-likeness (QED) is 0.369. The molecular formula is C20H22ClN5O3. The molecule has 0 saturated heterocycles. The highest BCUT2D eigenvalue weighted by Gasteiger charge is 2.31. The van der Waals surface area contributed by atoms with Gasteiger partial charge in [0.2, 0.25) is 5.78 Å². The lowest BCUT2D eigenvalue weighted by Gasteiger charge is -2.10. The molecule has 152 valence electrons. The van der Waals surface area contributed by atoms with Crippen molar-refractivity contribution in [3.05, 3.63) is 68.8 Å². The summed E-state index contributed by atoms with van der Waals surface area (Å²) in [5, 5.41) is 0.